The highest BCUT2D eigenvalue weighted by molar-refractivity contribution is 6.01. The highest BCUT2D eigenvalue weighted by atomic mass is 16.2. The van der Waals surface area contributed by atoms with Crippen LogP contribution < -0.4 is 4.90 Å². The molecule has 24 heavy (non-hydrogen) atoms. The fraction of sp³-hybridized carbons (Fsp3) is 0.381. The summed E-state index contributed by atoms with van der Waals surface area (Å²) < 4.78 is 0. The van der Waals surface area contributed by atoms with E-state index in [2.05, 4.69) is 55.4 Å². The zero-order valence-corrected chi connectivity index (χ0v) is 14.8. The first-order valence-corrected chi connectivity index (χ1v) is 8.70. The van der Waals surface area contributed by atoms with Crippen LogP contribution in [0.5, 0.6) is 0 Å². The van der Waals surface area contributed by atoms with Gasteiger partial charge in [0.2, 0.25) is 5.91 Å². The number of fused-ring (bicyclic) bond motifs is 2. The van der Waals surface area contributed by atoms with Gasteiger partial charge in [-0.1, -0.05) is 36.4 Å². The highest BCUT2D eigenvalue weighted by Gasteiger charge is 2.28. The van der Waals surface area contributed by atoms with E-state index in [1.54, 1.807) is 6.92 Å². The Hall–Kier alpha value is -2.13. The molecule has 2 aromatic rings. The van der Waals surface area contributed by atoms with Gasteiger partial charge >= 0.3 is 0 Å². The van der Waals surface area contributed by atoms with Crippen molar-refractivity contribution in [3.8, 4) is 0 Å². The Balaban J connectivity index is 2.03. The number of amides is 1. The molecule has 1 unspecified atom stereocenters. The summed E-state index contributed by atoms with van der Waals surface area (Å²) in [6.45, 7) is 2.75. The summed E-state index contributed by atoms with van der Waals surface area (Å²) in [6.07, 6.45) is 3.29. The Morgan fingerprint density at radius 1 is 1.08 bits per heavy atom. The van der Waals surface area contributed by atoms with Crippen LogP contribution in [0.4, 0.5) is 11.4 Å². The molecule has 3 heteroatoms. The molecule has 0 bridgehead atoms. The van der Waals surface area contributed by atoms with Crippen molar-refractivity contribution in [2.75, 3.05) is 25.5 Å². The summed E-state index contributed by atoms with van der Waals surface area (Å²) in [4.78, 5) is 16.5. The number of nitrogens with zero attached hydrogens (tertiary/aromatic N) is 2. The lowest BCUT2D eigenvalue weighted by atomic mass is 9.88. The maximum atomic E-state index is 12.4. The minimum atomic E-state index is 0.0730. The molecular weight excluding hydrogens is 296 g/mol. The predicted octanol–water partition coefficient (Wildman–Crippen LogP) is 4.35. The zero-order valence-electron chi connectivity index (χ0n) is 14.8. The van der Waals surface area contributed by atoms with Crippen molar-refractivity contribution in [2.24, 2.45) is 0 Å². The quantitative estimate of drug-likeness (QED) is 0.835. The first-order valence-electron chi connectivity index (χ1n) is 8.70. The van der Waals surface area contributed by atoms with Gasteiger partial charge in [-0.2, -0.15) is 0 Å². The summed E-state index contributed by atoms with van der Waals surface area (Å²) in [5.41, 5.74) is 4.64. The Labute approximate surface area is 144 Å². The fourth-order valence-corrected chi connectivity index (χ4v) is 3.69. The number of hydrogen-bond acceptors (Lipinski definition) is 2. The van der Waals surface area contributed by atoms with Crippen molar-refractivity contribution in [1.29, 1.82) is 0 Å². The monoisotopic (exact) mass is 322 g/mol. The van der Waals surface area contributed by atoms with Gasteiger partial charge in [0.25, 0.3) is 0 Å². The molecule has 3 rings (SSSR count). The van der Waals surface area contributed by atoms with Gasteiger partial charge in [0.1, 0.15) is 0 Å². The molecule has 126 valence electrons. The van der Waals surface area contributed by atoms with Crippen molar-refractivity contribution in [2.45, 2.75) is 32.1 Å². The van der Waals surface area contributed by atoms with E-state index in [1.165, 1.54) is 11.1 Å². The number of carbonyl (C=O) groups excluding carboxylic acids is 1. The number of rotatable bonds is 4. The van der Waals surface area contributed by atoms with Gasteiger partial charge in [0.05, 0.1) is 11.4 Å². The molecular formula is C21H26N2O. The van der Waals surface area contributed by atoms with Crippen molar-refractivity contribution < 1.29 is 4.79 Å². The van der Waals surface area contributed by atoms with Crippen LogP contribution in [0.3, 0.4) is 0 Å². The SMILES string of the molecule is CC(=O)N1c2ccccc2CC(CCCN(C)C)c2ccccc21. The lowest BCUT2D eigenvalue weighted by Crippen LogP contribution is -2.23. The molecule has 0 saturated heterocycles. The van der Waals surface area contributed by atoms with Gasteiger partial charge < -0.3 is 4.90 Å². The topological polar surface area (TPSA) is 23.6 Å². The lowest BCUT2D eigenvalue weighted by Gasteiger charge is -2.24. The lowest BCUT2D eigenvalue weighted by molar-refractivity contribution is -0.115. The van der Waals surface area contributed by atoms with Gasteiger partial charge in [0.15, 0.2) is 0 Å². The Bertz CT molecular complexity index is 723. The fourth-order valence-electron chi connectivity index (χ4n) is 3.69. The molecule has 3 nitrogen and oxygen atoms in total. The third kappa shape index (κ3) is 3.36. The third-order valence-electron chi connectivity index (χ3n) is 4.79. The molecule has 0 radical (unpaired) electrons. The van der Waals surface area contributed by atoms with E-state index in [0.29, 0.717) is 5.92 Å². The van der Waals surface area contributed by atoms with Crippen molar-refractivity contribution in [1.82, 2.24) is 4.90 Å². The summed E-state index contributed by atoms with van der Waals surface area (Å²) >= 11 is 0. The van der Waals surface area contributed by atoms with Gasteiger partial charge in [-0.05, 0) is 69.1 Å². The highest BCUT2D eigenvalue weighted by Crippen LogP contribution is 2.42. The van der Waals surface area contributed by atoms with Gasteiger partial charge in [-0.25, -0.2) is 0 Å². The standard InChI is InChI=1S/C21H26N2O/c1-16(24)23-20-12-6-4-9-18(20)15-17(10-8-14-22(2)3)19-11-5-7-13-21(19)23/h4-7,9,11-13,17H,8,10,14-15H2,1-3H3. The van der Waals surface area contributed by atoms with Crippen LogP contribution in [-0.4, -0.2) is 31.4 Å². The normalized spacial score (nSPS) is 16.5. The average molecular weight is 322 g/mol. The molecule has 0 aliphatic carbocycles. The van der Waals surface area contributed by atoms with Crippen LogP contribution in [-0.2, 0) is 11.2 Å². The third-order valence-corrected chi connectivity index (χ3v) is 4.79. The smallest absolute Gasteiger partial charge is 0.228 e. The van der Waals surface area contributed by atoms with E-state index in [9.17, 15) is 4.79 Å². The summed E-state index contributed by atoms with van der Waals surface area (Å²) in [6, 6.07) is 16.7. The maximum Gasteiger partial charge on any atom is 0.228 e. The molecule has 1 aliphatic heterocycles. The second kappa shape index (κ2) is 7.18. The first-order chi connectivity index (χ1) is 11.6. The summed E-state index contributed by atoms with van der Waals surface area (Å²) in [5, 5.41) is 0. The minimum absolute atomic E-state index is 0.0730. The molecule has 0 N–H and O–H groups in total. The molecule has 1 atom stereocenters. The molecule has 1 aliphatic rings. The number of anilines is 2. The minimum Gasteiger partial charge on any atom is -0.309 e. The predicted molar refractivity (Wildman–Crippen MR) is 99.9 cm³/mol. The van der Waals surface area contributed by atoms with Crippen LogP contribution >= 0.6 is 0 Å². The van der Waals surface area contributed by atoms with Crippen LogP contribution in [0.25, 0.3) is 0 Å². The zero-order chi connectivity index (χ0) is 17.1. The van der Waals surface area contributed by atoms with E-state index >= 15 is 0 Å². The Kier molecular flexibility index (Phi) is 5.00. The van der Waals surface area contributed by atoms with Gasteiger partial charge in [0, 0.05) is 6.92 Å². The first kappa shape index (κ1) is 16.7. The van der Waals surface area contributed by atoms with Gasteiger partial charge in [-0.3, -0.25) is 9.69 Å². The van der Waals surface area contributed by atoms with Crippen LogP contribution in [0.1, 0.15) is 36.8 Å². The van der Waals surface area contributed by atoms with E-state index in [1.807, 2.05) is 17.0 Å². The van der Waals surface area contributed by atoms with E-state index < -0.39 is 0 Å². The second-order valence-corrected chi connectivity index (χ2v) is 6.89. The average Bonchev–Trinajstić information content (AvgIpc) is 2.69. The Morgan fingerprint density at radius 3 is 2.46 bits per heavy atom. The second-order valence-electron chi connectivity index (χ2n) is 6.89. The van der Waals surface area contributed by atoms with Gasteiger partial charge in [-0.15, -0.1) is 0 Å². The Morgan fingerprint density at radius 2 is 1.75 bits per heavy atom. The molecule has 2 aromatic carbocycles. The number of hydrogen-bond donors (Lipinski definition) is 0. The largest absolute Gasteiger partial charge is 0.309 e. The number of para-hydroxylation sites is 2. The van der Waals surface area contributed by atoms with Crippen LogP contribution in [0, 0.1) is 0 Å². The molecule has 1 amide bonds. The number of carbonyl (C=O) groups is 1. The molecule has 0 spiro atoms. The molecule has 0 fully saturated rings. The van der Waals surface area contributed by atoms with Crippen molar-refractivity contribution in [3.05, 3.63) is 59.7 Å². The summed E-state index contributed by atoms with van der Waals surface area (Å²) in [5.74, 6) is 0.524. The molecule has 0 saturated carbocycles. The van der Waals surface area contributed by atoms with Crippen molar-refractivity contribution in [3.63, 3.8) is 0 Å². The van der Waals surface area contributed by atoms with Crippen LogP contribution in [0.15, 0.2) is 48.5 Å². The maximum absolute atomic E-state index is 12.4. The van der Waals surface area contributed by atoms with Crippen molar-refractivity contribution >= 4 is 17.3 Å². The molecule has 0 aromatic heterocycles. The van der Waals surface area contributed by atoms with Crippen LogP contribution in [0.2, 0.25) is 0 Å². The summed E-state index contributed by atoms with van der Waals surface area (Å²) in [7, 11) is 4.24. The van der Waals surface area contributed by atoms with E-state index in [-0.39, 0.29) is 5.91 Å². The molecule has 1 heterocycles. The van der Waals surface area contributed by atoms with E-state index in [0.717, 1.165) is 37.2 Å². The van der Waals surface area contributed by atoms with E-state index in [4.69, 9.17) is 0 Å². The number of benzene rings is 2.